The monoisotopic (exact) mass is 765 g/mol. The molecule has 2 heterocycles. The van der Waals surface area contributed by atoms with Crippen molar-refractivity contribution in [3.8, 4) is 39.3 Å². The average Bonchev–Trinajstić information content (AvgIpc) is 3.56. The molecule has 2 aliphatic rings. The Morgan fingerprint density at radius 1 is 0.417 bits per heavy atom. The first kappa shape index (κ1) is 34.3. The topological polar surface area (TPSA) is 22.8 Å². The summed E-state index contributed by atoms with van der Waals surface area (Å²) in [5, 5.41) is 7.67. The third kappa shape index (κ3) is 5.55. The van der Waals surface area contributed by atoms with Gasteiger partial charge in [-0.2, -0.15) is 0 Å². The van der Waals surface area contributed by atoms with Crippen LogP contribution in [0.1, 0.15) is 17.5 Å². The van der Waals surface area contributed by atoms with Crippen LogP contribution in [0.4, 0.5) is 0 Å². The summed E-state index contributed by atoms with van der Waals surface area (Å²) >= 11 is 0. The summed E-state index contributed by atoms with van der Waals surface area (Å²) in [6, 6.07) is 57.9. The first-order valence-corrected chi connectivity index (χ1v) is 20.8. The van der Waals surface area contributed by atoms with Crippen molar-refractivity contribution < 1.29 is 0 Å². The number of imidazole rings is 1. The summed E-state index contributed by atoms with van der Waals surface area (Å²) in [6.45, 7) is 0. The molecule has 0 saturated carbocycles. The molecule has 0 radical (unpaired) electrons. The van der Waals surface area contributed by atoms with Crippen molar-refractivity contribution in [3.05, 3.63) is 217 Å². The molecule has 0 unspecified atom stereocenters. The van der Waals surface area contributed by atoms with Gasteiger partial charge in [-0.15, -0.1) is 0 Å². The smallest absolute Gasteiger partial charge is 0.145 e. The van der Waals surface area contributed by atoms with E-state index in [1.165, 1.54) is 76.7 Å². The molecule has 0 atom stereocenters. The third-order valence-electron chi connectivity index (χ3n) is 12.4. The lowest BCUT2D eigenvalue weighted by Crippen LogP contribution is -1.98. The van der Waals surface area contributed by atoms with Gasteiger partial charge in [-0.05, 0) is 128 Å². The molecule has 0 spiro atoms. The van der Waals surface area contributed by atoms with E-state index >= 15 is 0 Å². The third-order valence-corrected chi connectivity index (χ3v) is 12.4. The maximum Gasteiger partial charge on any atom is 0.145 e. The molecule has 10 aromatic rings. The van der Waals surface area contributed by atoms with E-state index in [1.54, 1.807) is 0 Å². The van der Waals surface area contributed by atoms with Gasteiger partial charge in [-0.25, -0.2) is 4.98 Å². The number of allylic oxidation sites excluding steroid dienone is 9. The van der Waals surface area contributed by atoms with Crippen molar-refractivity contribution in [2.75, 3.05) is 0 Å². The van der Waals surface area contributed by atoms with Gasteiger partial charge in [-0.1, -0.05) is 152 Å². The molecule has 3 nitrogen and oxygen atoms in total. The molecule has 0 N–H and O–H groups in total. The molecule has 0 aliphatic heterocycles. The van der Waals surface area contributed by atoms with Gasteiger partial charge in [0.15, 0.2) is 0 Å². The number of nitrogens with zero attached hydrogens (tertiary/aromatic N) is 3. The second-order valence-electron chi connectivity index (χ2n) is 15.8. The van der Waals surface area contributed by atoms with Gasteiger partial charge in [-0.3, -0.25) is 4.57 Å². The molecule has 3 heteroatoms. The molecule has 0 fully saturated rings. The van der Waals surface area contributed by atoms with Gasteiger partial charge in [0.2, 0.25) is 0 Å². The number of para-hydroxylation sites is 4. The lowest BCUT2D eigenvalue weighted by molar-refractivity contribution is 1.14. The Kier molecular flexibility index (Phi) is 7.99. The van der Waals surface area contributed by atoms with E-state index in [-0.39, 0.29) is 0 Å². The molecule has 60 heavy (non-hydrogen) atoms. The largest absolute Gasteiger partial charge is 0.309 e. The summed E-state index contributed by atoms with van der Waals surface area (Å²) < 4.78 is 4.70. The average molecular weight is 766 g/mol. The van der Waals surface area contributed by atoms with Crippen LogP contribution in [0.5, 0.6) is 0 Å². The molecule has 282 valence electrons. The fraction of sp³-hybridized carbons (Fsp3) is 0.0351. The highest BCUT2D eigenvalue weighted by atomic mass is 15.1. The van der Waals surface area contributed by atoms with Crippen molar-refractivity contribution in [2.24, 2.45) is 0 Å². The maximum absolute atomic E-state index is 5.20. The van der Waals surface area contributed by atoms with Gasteiger partial charge in [0.05, 0.1) is 22.1 Å². The fourth-order valence-corrected chi connectivity index (χ4v) is 9.60. The fourth-order valence-electron chi connectivity index (χ4n) is 9.60. The molecule has 2 aromatic heterocycles. The van der Waals surface area contributed by atoms with Crippen LogP contribution in [0.3, 0.4) is 0 Å². The molecule has 0 bridgehead atoms. The van der Waals surface area contributed by atoms with Crippen LogP contribution in [0.2, 0.25) is 0 Å². The second kappa shape index (κ2) is 14.0. The predicted octanol–water partition coefficient (Wildman–Crippen LogP) is 14.9. The number of benzene rings is 8. The molecular formula is C57H39N3. The first-order chi connectivity index (χ1) is 29.8. The molecule has 0 amide bonds. The van der Waals surface area contributed by atoms with E-state index in [1.807, 2.05) is 0 Å². The minimum Gasteiger partial charge on any atom is -0.309 e. The Labute approximate surface area is 348 Å². The highest BCUT2D eigenvalue weighted by molar-refractivity contribution is 6.15. The van der Waals surface area contributed by atoms with Crippen LogP contribution in [0.25, 0.3) is 105 Å². The molecule has 12 rings (SSSR count). The molecule has 2 aliphatic carbocycles. The maximum atomic E-state index is 5.20. The Morgan fingerprint density at radius 3 is 1.87 bits per heavy atom. The number of rotatable bonds is 5. The second-order valence-corrected chi connectivity index (χ2v) is 15.8. The van der Waals surface area contributed by atoms with Crippen molar-refractivity contribution >= 4 is 66.2 Å². The van der Waals surface area contributed by atoms with Gasteiger partial charge in [0, 0.05) is 27.7 Å². The summed E-state index contributed by atoms with van der Waals surface area (Å²) in [5.41, 5.74) is 15.4. The highest BCUT2D eigenvalue weighted by Crippen LogP contribution is 2.41. The Bertz CT molecular complexity index is 3490. The number of fused-ring (bicyclic) bond motifs is 10. The SMILES string of the molecule is C1=CCC=C(n2c(-c3cccc(-c4ccc5c(c4)c4c(c6cc(-c7cccc(-n8c9ccccc9c9ccccc98)c7)ccc65)CC=CC=C4)c3)nc3ccccc32)C=C1. The first-order valence-electron chi connectivity index (χ1n) is 20.8. The lowest BCUT2D eigenvalue weighted by atomic mass is 9.87. The van der Waals surface area contributed by atoms with Gasteiger partial charge < -0.3 is 4.57 Å². The zero-order chi connectivity index (χ0) is 39.6. The zero-order valence-corrected chi connectivity index (χ0v) is 33.0. The normalized spacial score (nSPS) is 13.7. The van der Waals surface area contributed by atoms with Crippen molar-refractivity contribution in [2.45, 2.75) is 12.8 Å². The summed E-state index contributed by atoms with van der Waals surface area (Å²) in [4.78, 5) is 5.20. The van der Waals surface area contributed by atoms with Gasteiger partial charge >= 0.3 is 0 Å². The minimum absolute atomic E-state index is 0.870. The van der Waals surface area contributed by atoms with Gasteiger partial charge in [0.25, 0.3) is 0 Å². The van der Waals surface area contributed by atoms with E-state index in [0.717, 1.165) is 46.6 Å². The Balaban J connectivity index is 0.977. The molecule has 8 aromatic carbocycles. The molecular weight excluding hydrogens is 727 g/mol. The van der Waals surface area contributed by atoms with E-state index in [9.17, 15) is 0 Å². The van der Waals surface area contributed by atoms with Gasteiger partial charge in [0.1, 0.15) is 5.82 Å². The van der Waals surface area contributed by atoms with Crippen molar-refractivity contribution in [1.82, 2.24) is 14.1 Å². The van der Waals surface area contributed by atoms with Crippen molar-refractivity contribution in [3.63, 3.8) is 0 Å². The summed E-state index contributed by atoms with van der Waals surface area (Å²) in [7, 11) is 0. The van der Waals surface area contributed by atoms with Crippen LogP contribution in [0.15, 0.2) is 206 Å². The van der Waals surface area contributed by atoms with Crippen LogP contribution in [-0.4, -0.2) is 14.1 Å². The lowest BCUT2D eigenvalue weighted by Gasteiger charge is -2.17. The molecule has 0 saturated heterocycles. The Hall–Kier alpha value is -7.75. The van der Waals surface area contributed by atoms with Crippen LogP contribution < -0.4 is 0 Å². The van der Waals surface area contributed by atoms with Crippen LogP contribution in [-0.2, 0) is 6.42 Å². The predicted molar refractivity (Wildman–Crippen MR) is 254 cm³/mol. The summed E-state index contributed by atoms with van der Waals surface area (Å²) in [5.74, 6) is 0.946. The summed E-state index contributed by atoms with van der Waals surface area (Å²) in [6.07, 6.45) is 21.6. The van der Waals surface area contributed by atoms with Crippen LogP contribution in [0, 0.1) is 0 Å². The van der Waals surface area contributed by atoms with E-state index in [2.05, 4.69) is 222 Å². The van der Waals surface area contributed by atoms with E-state index < -0.39 is 0 Å². The quantitative estimate of drug-likeness (QED) is 0.160. The van der Waals surface area contributed by atoms with Crippen LogP contribution >= 0.6 is 0 Å². The number of hydrogen-bond donors (Lipinski definition) is 0. The van der Waals surface area contributed by atoms with Crippen molar-refractivity contribution in [1.29, 1.82) is 0 Å². The van der Waals surface area contributed by atoms with E-state index in [0.29, 0.717) is 0 Å². The number of hydrogen-bond acceptors (Lipinski definition) is 1. The standard InChI is InChI=1S/C57H39N3/c1-2-5-20-43(19-4-1)60-56-29-13-10-26-53(56)58-57(60)42-18-14-16-38(34-42)40-30-32-47-48-33-31-41(37-52(48)46-23-7-3-6-22-45(46)51(47)36-40)39-17-15-21-44(35-39)59-54-27-11-8-24-49(54)50-25-9-12-28-55(50)59/h1-4,6-22,24-37H,5,23H2. The van der Waals surface area contributed by atoms with E-state index in [4.69, 9.17) is 4.98 Å². The zero-order valence-electron chi connectivity index (χ0n) is 33.0. The Morgan fingerprint density at radius 2 is 1.05 bits per heavy atom. The highest BCUT2D eigenvalue weighted by Gasteiger charge is 2.19. The number of aromatic nitrogens is 3. The minimum atomic E-state index is 0.870.